The van der Waals surface area contributed by atoms with Crippen molar-refractivity contribution in [1.82, 2.24) is 10.2 Å². The van der Waals surface area contributed by atoms with Gasteiger partial charge in [-0.1, -0.05) is 30.3 Å². The monoisotopic (exact) mass is 364 g/mol. The molecule has 1 heterocycles. The number of carbonyl (C=O) groups excluding carboxylic acids is 2. The molecule has 0 aliphatic carbocycles. The van der Waals surface area contributed by atoms with E-state index in [1.165, 1.54) is 11.8 Å². The lowest BCUT2D eigenvalue weighted by molar-refractivity contribution is -0.141. The molecule has 0 saturated carbocycles. The van der Waals surface area contributed by atoms with Gasteiger partial charge < -0.3 is 15.3 Å². The molecule has 0 bridgehead atoms. The van der Waals surface area contributed by atoms with Crippen molar-refractivity contribution in [2.45, 2.75) is 31.7 Å². The number of amides is 2. The Morgan fingerprint density at radius 2 is 1.76 bits per heavy atom. The van der Waals surface area contributed by atoms with Crippen LogP contribution in [0, 0.1) is 0 Å². The molecule has 0 unspecified atom stereocenters. The van der Waals surface area contributed by atoms with Crippen LogP contribution in [0.25, 0.3) is 0 Å². The number of benzene rings is 1. The highest BCUT2D eigenvalue weighted by Crippen LogP contribution is 2.11. The summed E-state index contributed by atoms with van der Waals surface area (Å²) in [5.41, 5.74) is 0.850. The minimum absolute atomic E-state index is 0.0524. The maximum atomic E-state index is 12.0. The topological polar surface area (TPSA) is 86.7 Å². The van der Waals surface area contributed by atoms with E-state index in [2.05, 4.69) is 5.32 Å². The molecular weight excluding hydrogens is 340 g/mol. The number of piperidine rings is 1. The Morgan fingerprint density at radius 1 is 1.08 bits per heavy atom. The molecule has 1 fully saturated rings. The number of carboxylic acids is 1. The molecule has 1 saturated heterocycles. The molecule has 2 N–H and O–H groups in total. The van der Waals surface area contributed by atoms with Crippen LogP contribution < -0.4 is 5.32 Å². The van der Waals surface area contributed by atoms with Gasteiger partial charge in [0.15, 0.2) is 0 Å². The van der Waals surface area contributed by atoms with Gasteiger partial charge in [0.1, 0.15) is 6.04 Å². The number of aliphatic carboxylic acids is 1. The van der Waals surface area contributed by atoms with Gasteiger partial charge in [0, 0.05) is 19.5 Å². The largest absolute Gasteiger partial charge is 0.480 e. The summed E-state index contributed by atoms with van der Waals surface area (Å²) >= 11 is 1.23. The summed E-state index contributed by atoms with van der Waals surface area (Å²) in [7, 11) is 0. The quantitative estimate of drug-likeness (QED) is 0.731. The minimum Gasteiger partial charge on any atom is -0.480 e. The van der Waals surface area contributed by atoms with Gasteiger partial charge in [0.2, 0.25) is 11.8 Å². The van der Waals surface area contributed by atoms with Crippen LogP contribution in [0.1, 0.15) is 24.8 Å². The van der Waals surface area contributed by atoms with E-state index in [0.29, 0.717) is 0 Å². The Morgan fingerprint density at radius 3 is 2.40 bits per heavy atom. The van der Waals surface area contributed by atoms with Crippen LogP contribution in [-0.4, -0.2) is 58.4 Å². The summed E-state index contributed by atoms with van der Waals surface area (Å²) in [5.74, 6) is -1.04. The molecule has 1 aromatic rings. The second-order valence-corrected chi connectivity index (χ2v) is 7.07. The smallest absolute Gasteiger partial charge is 0.326 e. The first-order valence-corrected chi connectivity index (χ1v) is 9.63. The first-order valence-electron chi connectivity index (χ1n) is 8.48. The number of carboxylic acid groups (broad SMARTS) is 1. The molecule has 2 amide bonds. The molecule has 1 aliphatic heterocycles. The molecule has 1 aliphatic rings. The van der Waals surface area contributed by atoms with E-state index in [9.17, 15) is 19.5 Å². The number of thioether (sulfide) groups is 1. The number of likely N-dealkylation sites (tertiary alicyclic amines) is 1. The lowest BCUT2D eigenvalue weighted by Gasteiger charge is -2.26. The highest BCUT2D eigenvalue weighted by Gasteiger charge is 2.21. The van der Waals surface area contributed by atoms with Gasteiger partial charge in [-0.25, -0.2) is 4.79 Å². The second kappa shape index (κ2) is 10.1. The number of rotatable bonds is 8. The van der Waals surface area contributed by atoms with Gasteiger partial charge in [-0.05, 0) is 24.8 Å². The number of carbonyl (C=O) groups is 3. The number of hydrogen-bond acceptors (Lipinski definition) is 4. The van der Waals surface area contributed by atoms with Gasteiger partial charge in [0.05, 0.1) is 11.5 Å². The zero-order valence-electron chi connectivity index (χ0n) is 14.1. The molecule has 0 spiro atoms. The van der Waals surface area contributed by atoms with Gasteiger partial charge in [-0.3, -0.25) is 9.59 Å². The van der Waals surface area contributed by atoms with Crippen molar-refractivity contribution in [2.24, 2.45) is 0 Å². The lowest BCUT2D eigenvalue weighted by Crippen LogP contribution is -2.43. The van der Waals surface area contributed by atoms with Gasteiger partial charge in [-0.15, -0.1) is 11.8 Å². The Hall–Kier alpha value is -2.02. The molecule has 6 nitrogen and oxygen atoms in total. The summed E-state index contributed by atoms with van der Waals surface area (Å²) in [6.45, 7) is 1.59. The summed E-state index contributed by atoms with van der Waals surface area (Å²) < 4.78 is 0. The number of nitrogens with zero attached hydrogens (tertiary/aromatic N) is 1. The van der Waals surface area contributed by atoms with E-state index >= 15 is 0 Å². The van der Waals surface area contributed by atoms with E-state index in [1.54, 1.807) is 0 Å². The van der Waals surface area contributed by atoms with Crippen LogP contribution in [0.2, 0.25) is 0 Å². The van der Waals surface area contributed by atoms with Gasteiger partial charge in [0.25, 0.3) is 0 Å². The average molecular weight is 364 g/mol. The molecule has 0 radical (unpaired) electrons. The van der Waals surface area contributed by atoms with Gasteiger partial charge in [-0.2, -0.15) is 0 Å². The molecular formula is C18H24N2O4S. The van der Waals surface area contributed by atoms with Crippen molar-refractivity contribution in [3.8, 4) is 0 Å². The van der Waals surface area contributed by atoms with Crippen LogP contribution in [-0.2, 0) is 20.8 Å². The van der Waals surface area contributed by atoms with Gasteiger partial charge >= 0.3 is 5.97 Å². The van der Waals surface area contributed by atoms with Crippen molar-refractivity contribution < 1.29 is 19.5 Å². The van der Waals surface area contributed by atoms with Crippen LogP contribution in [0.5, 0.6) is 0 Å². The first-order chi connectivity index (χ1) is 12.1. The highest BCUT2D eigenvalue weighted by atomic mass is 32.2. The predicted octanol–water partition coefficient (Wildman–Crippen LogP) is 1.54. The first kappa shape index (κ1) is 19.3. The Bertz CT molecular complexity index is 588. The molecule has 1 atom stereocenters. The third-order valence-corrected chi connectivity index (χ3v) is 5.00. The fourth-order valence-electron chi connectivity index (χ4n) is 2.75. The third-order valence-electron chi connectivity index (χ3n) is 4.08. The Labute approximate surface area is 152 Å². The molecule has 136 valence electrons. The van der Waals surface area contributed by atoms with Crippen LogP contribution in [0.4, 0.5) is 0 Å². The minimum atomic E-state index is -1.06. The second-order valence-electron chi connectivity index (χ2n) is 6.08. The molecule has 1 aromatic carbocycles. The molecule has 2 rings (SSSR count). The molecule has 7 heteroatoms. The zero-order chi connectivity index (χ0) is 18.1. The SMILES string of the molecule is O=C(CSCC(=O)N1CCCCC1)N[C@@H](Cc1ccccc1)C(=O)O. The van der Waals surface area contributed by atoms with Crippen LogP contribution in [0.15, 0.2) is 30.3 Å². The van der Waals surface area contributed by atoms with E-state index < -0.39 is 12.0 Å². The van der Waals surface area contributed by atoms with Crippen molar-refractivity contribution in [3.63, 3.8) is 0 Å². The van der Waals surface area contributed by atoms with E-state index in [-0.39, 0.29) is 29.7 Å². The third kappa shape index (κ3) is 6.78. The maximum Gasteiger partial charge on any atom is 0.326 e. The Kier molecular flexibility index (Phi) is 7.78. The van der Waals surface area contributed by atoms with Crippen LogP contribution >= 0.6 is 11.8 Å². The van der Waals surface area contributed by atoms with Crippen molar-refractivity contribution in [3.05, 3.63) is 35.9 Å². The van der Waals surface area contributed by atoms with Crippen molar-refractivity contribution >= 4 is 29.5 Å². The predicted molar refractivity (Wildman–Crippen MR) is 97.5 cm³/mol. The van der Waals surface area contributed by atoms with E-state index in [1.807, 2.05) is 35.2 Å². The summed E-state index contributed by atoms with van der Waals surface area (Å²) in [6.07, 6.45) is 3.48. The summed E-state index contributed by atoms with van der Waals surface area (Å²) in [6, 6.07) is 8.21. The molecule has 0 aromatic heterocycles. The summed E-state index contributed by atoms with van der Waals surface area (Å²) in [4.78, 5) is 37.2. The fraction of sp³-hybridized carbons (Fsp3) is 0.500. The van der Waals surface area contributed by atoms with Crippen molar-refractivity contribution in [1.29, 1.82) is 0 Å². The standard InChI is InChI=1S/C18H24N2O4S/c21-16(12-25-13-17(22)20-9-5-2-6-10-20)19-15(18(23)24)11-14-7-3-1-4-8-14/h1,3-4,7-8,15H,2,5-6,9-13H2,(H,19,21)(H,23,24)/t15-/m0/s1. The summed E-state index contributed by atoms with van der Waals surface area (Å²) in [5, 5.41) is 11.8. The normalized spacial score (nSPS) is 15.4. The Balaban J connectivity index is 1.73. The van der Waals surface area contributed by atoms with Crippen LogP contribution in [0.3, 0.4) is 0 Å². The number of nitrogens with one attached hydrogen (secondary N) is 1. The van der Waals surface area contributed by atoms with E-state index in [0.717, 1.165) is 37.9 Å². The fourth-order valence-corrected chi connectivity index (χ4v) is 3.48. The lowest BCUT2D eigenvalue weighted by atomic mass is 10.1. The zero-order valence-corrected chi connectivity index (χ0v) is 15.0. The van der Waals surface area contributed by atoms with Crippen molar-refractivity contribution in [2.75, 3.05) is 24.6 Å². The average Bonchev–Trinajstić information content (AvgIpc) is 2.62. The maximum absolute atomic E-state index is 12.0. The number of hydrogen-bond donors (Lipinski definition) is 2. The van der Waals surface area contributed by atoms with E-state index in [4.69, 9.17) is 0 Å². The highest BCUT2D eigenvalue weighted by molar-refractivity contribution is 8.00. The molecule has 25 heavy (non-hydrogen) atoms.